The Kier molecular flexibility index (Phi) is 8.03. The molecule has 1 heterocycles. The minimum atomic E-state index is 0.596. The van der Waals surface area contributed by atoms with E-state index in [0.717, 1.165) is 60.3 Å². The van der Waals surface area contributed by atoms with Gasteiger partial charge in [0, 0.05) is 21.7 Å². The van der Waals surface area contributed by atoms with E-state index in [0.29, 0.717) is 15.9 Å². The van der Waals surface area contributed by atoms with E-state index in [1.807, 2.05) is 42.5 Å². The van der Waals surface area contributed by atoms with Crippen LogP contribution in [0.5, 0.6) is 11.5 Å². The zero-order valence-electron chi connectivity index (χ0n) is 19.1. The molecule has 0 bridgehead atoms. The van der Waals surface area contributed by atoms with E-state index in [2.05, 4.69) is 32.8 Å². The van der Waals surface area contributed by atoms with E-state index >= 15 is 0 Å². The van der Waals surface area contributed by atoms with Crippen LogP contribution in [0.4, 0.5) is 0 Å². The van der Waals surface area contributed by atoms with Gasteiger partial charge in [-0.25, -0.2) is 0 Å². The molecule has 0 aliphatic rings. The normalized spacial score (nSPS) is 10.9. The van der Waals surface area contributed by atoms with Crippen molar-refractivity contribution in [3.63, 3.8) is 0 Å². The van der Waals surface area contributed by atoms with Crippen LogP contribution >= 0.6 is 23.2 Å². The number of hydrogen-bond donors (Lipinski definition) is 1. The second kappa shape index (κ2) is 11.4. The Hall–Kier alpha value is -3.09. The van der Waals surface area contributed by atoms with Crippen molar-refractivity contribution in [2.45, 2.75) is 32.1 Å². The van der Waals surface area contributed by atoms with Gasteiger partial charge in [0.1, 0.15) is 11.5 Å². The van der Waals surface area contributed by atoms with Gasteiger partial charge < -0.3 is 9.47 Å². The number of H-pyrrole nitrogens is 1. The molecule has 3 aromatic carbocycles. The second-order valence-electron chi connectivity index (χ2n) is 8.03. The van der Waals surface area contributed by atoms with Gasteiger partial charge >= 0.3 is 0 Å². The van der Waals surface area contributed by atoms with Crippen molar-refractivity contribution in [3.05, 3.63) is 86.9 Å². The maximum absolute atomic E-state index is 6.63. The molecule has 0 spiro atoms. The molecule has 0 amide bonds. The number of nitrogens with one attached hydrogen (secondary N) is 1. The number of benzene rings is 3. The summed E-state index contributed by atoms with van der Waals surface area (Å²) in [5, 5.41) is 15.5. The number of rotatable bonds is 10. The van der Waals surface area contributed by atoms with E-state index in [1.165, 1.54) is 11.1 Å². The first-order valence-corrected chi connectivity index (χ1v) is 11.8. The Labute approximate surface area is 209 Å². The summed E-state index contributed by atoms with van der Waals surface area (Å²) in [5.74, 6) is 2.16. The number of methoxy groups -OCH3 is 2. The Balaban J connectivity index is 1.42. The molecular formula is C26H26Cl2N4O2. The van der Waals surface area contributed by atoms with Gasteiger partial charge in [-0.05, 0) is 83.8 Å². The van der Waals surface area contributed by atoms with Gasteiger partial charge in [0.25, 0.3) is 0 Å². The molecule has 0 atom stereocenters. The van der Waals surface area contributed by atoms with Crippen molar-refractivity contribution in [2.24, 2.45) is 0 Å². The summed E-state index contributed by atoms with van der Waals surface area (Å²) >= 11 is 13.0. The first kappa shape index (κ1) is 24.0. The molecule has 0 unspecified atom stereocenters. The lowest BCUT2D eigenvalue weighted by Gasteiger charge is -2.14. The molecule has 0 saturated carbocycles. The van der Waals surface area contributed by atoms with Crippen LogP contribution in [0.25, 0.3) is 11.4 Å². The first-order valence-electron chi connectivity index (χ1n) is 11.1. The van der Waals surface area contributed by atoms with E-state index in [4.69, 9.17) is 32.7 Å². The molecule has 0 fully saturated rings. The van der Waals surface area contributed by atoms with Crippen molar-refractivity contribution in [1.82, 2.24) is 20.6 Å². The van der Waals surface area contributed by atoms with Crippen molar-refractivity contribution >= 4 is 23.2 Å². The van der Waals surface area contributed by atoms with Gasteiger partial charge in [0.15, 0.2) is 0 Å². The van der Waals surface area contributed by atoms with E-state index in [1.54, 1.807) is 14.2 Å². The third kappa shape index (κ3) is 6.07. The lowest BCUT2D eigenvalue weighted by Crippen LogP contribution is -2.01. The first-order chi connectivity index (χ1) is 16.6. The van der Waals surface area contributed by atoms with Crippen LogP contribution < -0.4 is 9.47 Å². The summed E-state index contributed by atoms with van der Waals surface area (Å²) in [6, 6.07) is 18.0. The molecule has 0 aliphatic heterocycles. The van der Waals surface area contributed by atoms with Gasteiger partial charge in [-0.3, -0.25) is 0 Å². The quantitative estimate of drug-likeness (QED) is 0.285. The summed E-state index contributed by atoms with van der Waals surface area (Å²) in [5.41, 5.74) is 5.66. The molecule has 0 saturated heterocycles. The minimum absolute atomic E-state index is 0.596. The number of halogens is 2. The van der Waals surface area contributed by atoms with E-state index in [-0.39, 0.29) is 0 Å². The summed E-state index contributed by atoms with van der Waals surface area (Å²) in [7, 11) is 3.32. The number of ether oxygens (including phenoxy) is 2. The average molecular weight is 497 g/mol. The zero-order valence-corrected chi connectivity index (χ0v) is 20.7. The number of tetrazole rings is 1. The Morgan fingerprint density at radius 2 is 1.53 bits per heavy atom. The monoisotopic (exact) mass is 496 g/mol. The van der Waals surface area contributed by atoms with Crippen LogP contribution in [0.3, 0.4) is 0 Å². The maximum atomic E-state index is 6.63. The van der Waals surface area contributed by atoms with Crippen molar-refractivity contribution in [1.29, 1.82) is 0 Å². The SMILES string of the molecule is COc1cc(CCc2c(Cl)cc(Cl)cc2CCCc2ccc(-c3nn[nH]n3)cc2)cc(OC)c1. The summed E-state index contributed by atoms with van der Waals surface area (Å²) in [6.45, 7) is 0. The van der Waals surface area contributed by atoms with E-state index < -0.39 is 0 Å². The van der Waals surface area contributed by atoms with E-state index in [9.17, 15) is 0 Å². The zero-order chi connectivity index (χ0) is 23.9. The Morgan fingerprint density at radius 1 is 0.794 bits per heavy atom. The Morgan fingerprint density at radius 3 is 2.18 bits per heavy atom. The largest absolute Gasteiger partial charge is 0.497 e. The lowest BCUT2D eigenvalue weighted by atomic mass is 9.95. The minimum Gasteiger partial charge on any atom is -0.497 e. The standard InChI is InChI=1S/C26H26Cl2N4O2/c1-33-22-12-18(13-23(16-22)34-2)8-11-24-20(14-21(27)15-25(24)28)5-3-4-17-6-9-19(10-7-17)26-29-31-32-30-26/h6-7,9-10,12-16H,3-5,8,11H2,1-2H3,(H,29,30,31,32). The van der Waals surface area contributed by atoms with Gasteiger partial charge in [-0.2, -0.15) is 5.21 Å². The highest BCUT2D eigenvalue weighted by atomic mass is 35.5. The molecule has 8 heteroatoms. The summed E-state index contributed by atoms with van der Waals surface area (Å²) in [4.78, 5) is 0. The predicted octanol–water partition coefficient (Wildman–Crippen LogP) is 6.15. The maximum Gasteiger partial charge on any atom is 0.204 e. The highest BCUT2D eigenvalue weighted by Gasteiger charge is 2.11. The summed E-state index contributed by atoms with van der Waals surface area (Å²) < 4.78 is 10.8. The number of aromatic nitrogens is 4. The third-order valence-electron chi connectivity index (χ3n) is 5.80. The molecule has 4 rings (SSSR count). The van der Waals surface area contributed by atoms with Crippen LogP contribution in [0.15, 0.2) is 54.6 Å². The number of hydrogen-bond acceptors (Lipinski definition) is 5. The third-order valence-corrected chi connectivity index (χ3v) is 6.35. The van der Waals surface area contributed by atoms with Crippen LogP contribution in [-0.2, 0) is 25.7 Å². The molecule has 1 N–H and O–H groups in total. The smallest absolute Gasteiger partial charge is 0.204 e. The van der Waals surface area contributed by atoms with Crippen molar-refractivity contribution < 1.29 is 9.47 Å². The Bertz CT molecular complexity index is 1210. The lowest BCUT2D eigenvalue weighted by molar-refractivity contribution is 0.393. The average Bonchev–Trinajstić information content (AvgIpc) is 3.38. The molecule has 6 nitrogen and oxygen atoms in total. The highest BCUT2D eigenvalue weighted by Crippen LogP contribution is 2.30. The molecule has 1 aromatic heterocycles. The van der Waals surface area contributed by atoms with Gasteiger partial charge in [-0.1, -0.05) is 47.5 Å². The number of nitrogens with zero attached hydrogens (tertiary/aromatic N) is 3. The fraction of sp³-hybridized carbons (Fsp3) is 0.269. The van der Waals surface area contributed by atoms with Gasteiger partial charge in [0.2, 0.25) is 5.82 Å². The fourth-order valence-electron chi connectivity index (χ4n) is 4.03. The fourth-order valence-corrected chi connectivity index (χ4v) is 4.66. The van der Waals surface area contributed by atoms with Gasteiger partial charge in [-0.15, -0.1) is 10.2 Å². The number of aryl methyl sites for hydroxylation is 3. The predicted molar refractivity (Wildman–Crippen MR) is 135 cm³/mol. The number of aromatic amines is 1. The van der Waals surface area contributed by atoms with Crippen LogP contribution in [0.2, 0.25) is 10.0 Å². The van der Waals surface area contributed by atoms with Crippen molar-refractivity contribution in [3.8, 4) is 22.9 Å². The van der Waals surface area contributed by atoms with Gasteiger partial charge in [0.05, 0.1) is 14.2 Å². The molecular weight excluding hydrogens is 471 g/mol. The molecule has 0 radical (unpaired) electrons. The van der Waals surface area contributed by atoms with Crippen LogP contribution in [-0.4, -0.2) is 34.8 Å². The summed E-state index contributed by atoms with van der Waals surface area (Å²) in [6.07, 6.45) is 4.45. The van der Waals surface area contributed by atoms with Crippen molar-refractivity contribution in [2.75, 3.05) is 14.2 Å². The van der Waals surface area contributed by atoms with Crippen LogP contribution in [0.1, 0.15) is 28.7 Å². The van der Waals surface area contributed by atoms with Crippen LogP contribution in [0, 0.1) is 0 Å². The molecule has 0 aliphatic carbocycles. The highest BCUT2D eigenvalue weighted by molar-refractivity contribution is 6.35. The second-order valence-corrected chi connectivity index (χ2v) is 8.88. The molecule has 176 valence electrons. The molecule has 4 aromatic rings. The topological polar surface area (TPSA) is 72.9 Å². The molecule has 34 heavy (non-hydrogen) atoms.